The molecule has 0 saturated carbocycles. The zero-order chi connectivity index (χ0) is 11.4. The lowest BCUT2D eigenvalue weighted by molar-refractivity contribution is -0.130. The van der Waals surface area contributed by atoms with Crippen LogP contribution in [0, 0.1) is 0 Å². The molecule has 90 valence electrons. The van der Waals surface area contributed by atoms with Gasteiger partial charge in [-0.2, -0.15) is 0 Å². The summed E-state index contributed by atoms with van der Waals surface area (Å²) < 4.78 is 0. The maximum absolute atomic E-state index is 12.2. The number of nitrogens with zero attached hydrogens (tertiary/aromatic N) is 2. The second kappa shape index (κ2) is 5.57. The van der Waals surface area contributed by atoms with Gasteiger partial charge in [-0.3, -0.25) is 4.79 Å². The van der Waals surface area contributed by atoms with Crippen molar-refractivity contribution in [3.05, 3.63) is 0 Å². The maximum Gasteiger partial charge on any atom is 0.235 e. The van der Waals surface area contributed by atoms with Crippen LogP contribution in [0.5, 0.6) is 0 Å². The monoisotopic (exact) mass is 242 g/mol. The van der Waals surface area contributed by atoms with Crippen molar-refractivity contribution in [1.29, 1.82) is 0 Å². The average Bonchev–Trinajstić information content (AvgIpc) is 2.39. The summed E-state index contributed by atoms with van der Waals surface area (Å²) in [5.74, 6) is 1.41. The Labute approximate surface area is 100 Å². The Kier molecular flexibility index (Phi) is 4.09. The quantitative estimate of drug-likeness (QED) is 0.563. The fourth-order valence-electron chi connectivity index (χ4n) is 2.22. The minimum atomic E-state index is 0.182. The van der Waals surface area contributed by atoms with E-state index in [9.17, 15) is 4.79 Å². The van der Waals surface area contributed by atoms with E-state index >= 15 is 0 Å². The average molecular weight is 242 g/mol. The van der Waals surface area contributed by atoms with E-state index in [1.54, 1.807) is 11.8 Å². The number of hydrogen-bond donors (Lipinski definition) is 1. The Balaban J connectivity index is 1.85. The smallest absolute Gasteiger partial charge is 0.235 e. The van der Waals surface area contributed by atoms with Crippen LogP contribution in [0.4, 0.5) is 0 Å². The number of rotatable bonds is 1. The first-order valence-electron chi connectivity index (χ1n) is 5.91. The molecule has 1 N–H and O–H groups in total. The third kappa shape index (κ3) is 2.70. The highest BCUT2D eigenvalue weighted by molar-refractivity contribution is 8.00. The Morgan fingerprint density at radius 3 is 2.69 bits per heavy atom. The summed E-state index contributed by atoms with van der Waals surface area (Å²) >= 11 is 1.80. The van der Waals surface area contributed by atoms with E-state index in [0.717, 1.165) is 43.8 Å². The van der Waals surface area contributed by atoms with E-state index in [-0.39, 0.29) is 5.25 Å². The summed E-state index contributed by atoms with van der Waals surface area (Å²) in [4.78, 5) is 14.1. The van der Waals surface area contributed by atoms with Crippen molar-refractivity contribution in [3.63, 3.8) is 0 Å². The van der Waals surface area contributed by atoms with E-state index in [0.29, 0.717) is 5.91 Å². The number of carbonyl (C=O) groups is 1. The van der Waals surface area contributed by atoms with Crippen LogP contribution in [-0.2, 0) is 4.79 Å². The van der Waals surface area contributed by atoms with Gasteiger partial charge in [0.05, 0.1) is 11.0 Å². The molecule has 0 aromatic heterocycles. The molecule has 16 heavy (non-hydrogen) atoms. The van der Waals surface area contributed by atoms with Gasteiger partial charge in [-0.25, -0.2) is 0 Å². The molecule has 2 aliphatic heterocycles. The molecule has 5 heteroatoms. The van der Waals surface area contributed by atoms with Gasteiger partial charge in [0.2, 0.25) is 5.91 Å². The molecule has 0 spiro atoms. The van der Waals surface area contributed by atoms with Crippen LogP contribution in [0.25, 0.3) is 0 Å². The third-order valence-electron chi connectivity index (χ3n) is 3.25. The van der Waals surface area contributed by atoms with E-state index in [1.165, 1.54) is 12.8 Å². The normalized spacial score (nSPS) is 26.6. The first-order chi connectivity index (χ1) is 7.81. The van der Waals surface area contributed by atoms with Crippen LogP contribution in [0.3, 0.4) is 0 Å². The van der Waals surface area contributed by atoms with Gasteiger partial charge in [-0.05, 0) is 18.6 Å². The highest BCUT2D eigenvalue weighted by Gasteiger charge is 2.28. The number of thioether (sulfide) groups is 1. The zero-order valence-corrected chi connectivity index (χ0v) is 10.2. The first-order valence-corrected chi connectivity index (χ1v) is 6.96. The fourth-order valence-corrected chi connectivity index (χ4v) is 3.50. The summed E-state index contributed by atoms with van der Waals surface area (Å²) in [5, 5.41) is 12.1. The number of likely N-dealkylation sites (tertiary alicyclic amines) is 1. The molecule has 1 amide bonds. The molecule has 0 aromatic rings. The number of piperidine rings is 1. The summed E-state index contributed by atoms with van der Waals surface area (Å²) in [7, 11) is 0. The number of amides is 1. The van der Waals surface area contributed by atoms with Gasteiger partial charge >= 0.3 is 0 Å². The topological polar surface area (TPSA) is 52.9 Å². The molecule has 2 fully saturated rings. The largest absolute Gasteiger partial charge is 0.411 e. The third-order valence-corrected chi connectivity index (χ3v) is 4.61. The van der Waals surface area contributed by atoms with Crippen LogP contribution in [-0.4, -0.2) is 45.8 Å². The highest BCUT2D eigenvalue weighted by Crippen LogP contribution is 2.27. The second-order valence-electron chi connectivity index (χ2n) is 4.35. The standard InChI is InChI=1S/C11H18N2O2S/c14-11(10-3-1-2-8-16-10)13-6-4-9(12-15)5-7-13/h10,15H,1-8H2. The van der Waals surface area contributed by atoms with Gasteiger partial charge < -0.3 is 10.1 Å². The molecule has 2 rings (SSSR count). The number of hydrogen-bond acceptors (Lipinski definition) is 4. The highest BCUT2D eigenvalue weighted by atomic mass is 32.2. The predicted octanol–water partition coefficient (Wildman–Crippen LogP) is 1.72. The van der Waals surface area contributed by atoms with Crippen molar-refractivity contribution in [2.45, 2.75) is 37.4 Å². The van der Waals surface area contributed by atoms with E-state index < -0.39 is 0 Å². The summed E-state index contributed by atoms with van der Waals surface area (Å²) in [6, 6.07) is 0. The molecule has 0 aromatic carbocycles. The molecule has 0 aliphatic carbocycles. The fraction of sp³-hybridized carbons (Fsp3) is 0.818. The maximum atomic E-state index is 12.2. The van der Waals surface area contributed by atoms with Gasteiger partial charge in [-0.1, -0.05) is 11.6 Å². The van der Waals surface area contributed by atoms with E-state index in [2.05, 4.69) is 5.16 Å². The summed E-state index contributed by atoms with van der Waals surface area (Å²) in [5.41, 5.74) is 0.820. The molecular weight excluding hydrogens is 224 g/mol. The van der Waals surface area contributed by atoms with Crippen molar-refractivity contribution in [1.82, 2.24) is 4.90 Å². The van der Waals surface area contributed by atoms with Crippen LogP contribution in [0.2, 0.25) is 0 Å². The molecule has 4 nitrogen and oxygen atoms in total. The SMILES string of the molecule is O=C(C1CCCCS1)N1CCC(=NO)CC1. The lowest BCUT2D eigenvalue weighted by atomic mass is 10.1. The van der Waals surface area contributed by atoms with Crippen molar-refractivity contribution in [2.24, 2.45) is 5.16 Å². The van der Waals surface area contributed by atoms with Crippen LogP contribution >= 0.6 is 11.8 Å². The first kappa shape index (κ1) is 11.8. The van der Waals surface area contributed by atoms with Gasteiger partial charge in [-0.15, -0.1) is 11.8 Å². The Bertz CT molecular complexity index is 278. The van der Waals surface area contributed by atoms with Crippen molar-refractivity contribution < 1.29 is 10.0 Å². The van der Waals surface area contributed by atoms with Gasteiger partial charge in [0.15, 0.2) is 0 Å². The summed E-state index contributed by atoms with van der Waals surface area (Å²) in [6.07, 6.45) is 4.90. The molecular formula is C11H18N2O2S. The Hall–Kier alpha value is -0.710. The van der Waals surface area contributed by atoms with Crippen molar-refractivity contribution >= 4 is 23.4 Å². The molecule has 2 saturated heterocycles. The van der Waals surface area contributed by atoms with Crippen molar-refractivity contribution in [2.75, 3.05) is 18.8 Å². The molecule has 0 radical (unpaired) electrons. The Morgan fingerprint density at radius 2 is 2.12 bits per heavy atom. The minimum Gasteiger partial charge on any atom is -0.411 e. The zero-order valence-electron chi connectivity index (χ0n) is 9.39. The molecule has 0 bridgehead atoms. The number of oxime groups is 1. The predicted molar refractivity (Wildman–Crippen MR) is 65.1 cm³/mol. The van der Waals surface area contributed by atoms with Gasteiger partial charge in [0.25, 0.3) is 0 Å². The van der Waals surface area contributed by atoms with E-state index in [1.807, 2.05) is 4.90 Å². The summed E-state index contributed by atoms with van der Waals surface area (Å²) in [6.45, 7) is 1.44. The lowest BCUT2D eigenvalue weighted by Crippen LogP contribution is -2.43. The Morgan fingerprint density at radius 1 is 1.38 bits per heavy atom. The lowest BCUT2D eigenvalue weighted by Gasteiger charge is -2.31. The van der Waals surface area contributed by atoms with Crippen molar-refractivity contribution in [3.8, 4) is 0 Å². The molecule has 1 atom stereocenters. The van der Waals surface area contributed by atoms with E-state index in [4.69, 9.17) is 5.21 Å². The molecule has 2 aliphatic rings. The minimum absolute atomic E-state index is 0.182. The van der Waals surface area contributed by atoms with Crippen LogP contribution in [0.1, 0.15) is 32.1 Å². The van der Waals surface area contributed by atoms with Crippen LogP contribution in [0.15, 0.2) is 5.16 Å². The van der Waals surface area contributed by atoms with Crippen LogP contribution < -0.4 is 0 Å². The molecule has 1 unspecified atom stereocenters. The molecule has 2 heterocycles. The van der Waals surface area contributed by atoms with Gasteiger partial charge in [0.1, 0.15) is 0 Å². The second-order valence-corrected chi connectivity index (χ2v) is 5.66. The number of carbonyl (C=O) groups excluding carboxylic acids is 1. The van der Waals surface area contributed by atoms with Gasteiger partial charge in [0, 0.05) is 25.9 Å².